The number of aromatic nitrogens is 2. The van der Waals surface area contributed by atoms with Gasteiger partial charge >= 0.3 is 7.12 Å². The van der Waals surface area contributed by atoms with Crippen LogP contribution in [0.3, 0.4) is 0 Å². The first-order valence-corrected chi connectivity index (χ1v) is 6.59. The molecular formula is C14H17BN2O3. The van der Waals surface area contributed by atoms with Crippen molar-refractivity contribution < 1.29 is 13.7 Å². The largest absolute Gasteiger partial charge is 0.514 e. The Bertz CT molecular complexity index is 577. The zero-order valence-corrected chi connectivity index (χ0v) is 12.1. The van der Waals surface area contributed by atoms with Gasteiger partial charge in [0.05, 0.1) is 23.0 Å². The van der Waals surface area contributed by atoms with Gasteiger partial charge in [-0.25, -0.2) is 4.98 Å². The third-order valence-electron chi connectivity index (χ3n) is 4.00. The Labute approximate surface area is 118 Å². The number of hydrogen-bond acceptors (Lipinski definition) is 5. The van der Waals surface area contributed by atoms with Gasteiger partial charge in [0.1, 0.15) is 0 Å². The lowest BCUT2D eigenvalue weighted by Gasteiger charge is -2.32. The second kappa shape index (κ2) is 4.43. The predicted molar refractivity (Wildman–Crippen MR) is 75.5 cm³/mol. The predicted octanol–water partition coefficient (Wildman–Crippen LogP) is 2.04. The third kappa shape index (κ3) is 2.15. The van der Waals surface area contributed by atoms with Crippen molar-refractivity contribution in [3.63, 3.8) is 0 Å². The number of rotatable bonds is 2. The second-order valence-corrected chi connectivity index (χ2v) is 5.93. The lowest BCUT2D eigenvalue weighted by molar-refractivity contribution is 0.00578. The van der Waals surface area contributed by atoms with Crippen LogP contribution in [0.15, 0.2) is 35.3 Å². The molecule has 104 valence electrons. The molecule has 1 aliphatic rings. The summed E-state index contributed by atoms with van der Waals surface area (Å²) >= 11 is 0. The van der Waals surface area contributed by atoms with Gasteiger partial charge in [0.25, 0.3) is 0 Å². The Balaban J connectivity index is 1.83. The van der Waals surface area contributed by atoms with E-state index in [2.05, 4.69) is 9.97 Å². The Morgan fingerprint density at radius 2 is 1.70 bits per heavy atom. The van der Waals surface area contributed by atoms with E-state index in [4.69, 9.17) is 13.7 Å². The molecule has 0 radical (unpaired) electrons. The van der Waals surface area contributed by atoms with Crippen molar-refractivity contribution in [2.45, 2.75) is 38.9 Å². The van der Waals surface area contributed by atoms with Crippen molar-refractivity contribution in [3.05, 3.63) is 30.9 Å². The molecule has 0 unspecified atom stereocenters. The molecule has 6 heteroatoms. The van der Waals surface area contributed by atoms with Crippen LogP contribution >= 0.6 is 0 Å². The van der Waals surface area contributed by atoms with Gasteiger partial charge < -0.3 is 13.7 Å². The molecule has 0 saturated carbocycles. The average molecular weight is 272 g/mol. The van der Waals surface area contributed by atoms with Gasteiger partial charge in [0.2, 0.25) is 0 Å². The Morgan fingerprint density at radius 1 is 1.00 bits per heavy atom. The van der Waals surface area contributed by atoms with E-state index >= 15 is 0 Å². The van der Waals surface area contributed by atoms with E-state index in [0.717, 1.165) is 11.2 Å². The van der Waals surface area contributed by atoms with Crippen LogP contribution in [0.25, 0.3) is 11.3 Å². The minimum atomic E-state index is -0.441. The summed E-state index contributed by atoms with van der Waals surface area (Å²) in [6.07, 6.45) is 4.80. The van der Waals surface area contributed by atoms with E-state index < -0.39 is 7.12 Å². The molecule has 0 bridgehead atoms. The zero-order valence-electron chi connectivity index (χ0n) is 12.1. The number of pyridine rings is 1. The fourth-order valence-electron chi connectivity index (χ4n) is 2.01. The summed E-state index contributed by atoms with van der Waals surface area (Å²) in [5.41, 5.74) is 0.918. The summed E-state index contributed by atoms with van der Waals surface area (Å²) in [6, 6.07) is 3.81. The molecule has 1 saturated heterocycles. The summed E-state index contributed by atoms with van der Waals surface area (Å²) in [6.45, 7) is 8.09. The molecule has 0 aromatic carbocycles. The first-order chi connectivity index (χ1) is 9.39. The molecule has 0 atom stereocenters. The van der Waals surface area contributed by atoms with Crippen LogP contribution in [-0.2, 0) is 9.31 Å². The topological polar surface area (TPSA) is 57.4 Å². The standard InChI is InChI=1S/C14H17BN2O3/c1-13(2)14(3,4)20-15(19-13)12-6-5-10(7-17-12)11-8-16-9-18-11/h5-9H,1-4H3. The zero-order chi connectivity index (χ0) is 14.4. The van der Waals surface area contributed by atoms with E-state index in [1.807, 2.05) is 39.8 Å². The Hall–Kier alpha value is -1.66. The molecule has 1 fully saturated rings. The first kappa shape index (κ1) is 13.3. The number of hydrogen-bond donors (Lipinski definition) is 0. The molecule has 0 aliphatic carbocycles. The maximum atomic E-state index is 5.96. The van der Waals surface area contributed by atoms with Crippen molar-refractivity contribution in [1.29, 1.82) is 0 Å². The molecule has 3 heterocycles. The molecule has 20 heavy (non-hydrogen) atoms. The van der Waals surface area contributed by atoms with Crippen LogP contribution in [0.4, 0.5) is 0 Å². The summed E-state index contributed by atoms with van der Waals surface area (Å²) < 4.78 is 17.2. The second-order valence-electron chi connectivity index (χ2n) is 5.93. The normalized spacial score (nSPS) is 20.3. The van der Waals surface area contributed by atoms with Crippen LogP contribution in [-0.4, -0.2) is 28.3 Å². The van der Waals surface area contributed by atoms with Gasteiger partial charge in [-0.05, 0) is 39.8 Å². The molecular weight excluding hydrogens is 255 g/mol. The van der Waals surface area contributed by atoms with E-state index in [1.165, 1.54) is 6.39 Å². The summed E-state index contributed by atoms with van der Waals surface area (Å²) in [7, 11) is -0.441. The van der Waals surface area contributed by atoms with Crippen LogP contribution in [0.5, 0.6) is 0 Å². The quantitative estimate of drug-likeness (QED) is 0.783. The van der Waals surface area contributed by atoms with E-state index in [1.54, 1.807) is 12.4 Å². The Morgan fingerprint density at radius 3 is 2.20 bits per heavy atom. The molecule has 3 rings (SSSR count). The fraction of sp³-hybridized carbons (Fsp3) is 0.429. The molecule has 2 aromatic rings. The maximum Gasteiger partial charge on any atom is 0.514 e. The van der Waals surface area contributed by atoms with Crippen molar-refractivity contribution in [3.8, 4) is 11.3 Å². The van der Waals surface area contributed by atoms with Gasteiger partial charge in [0, 0.05) is 11.8 Å². The van der Waals surface area contributed by atoms with Crippen LogP contribution in [0.2, 0.25) is 0 Å². The SMILES string of the molecule is CC1(C)OB(c2ccc(-c3cnco3)cn2)OC1(C)C. The average Bonchev–Trinajstić information content (AvgIpc) is 2.97. The van der Waals surface area contributed by atoms with E-state index in [-0.39, 0.29) is 11.2 Å². The molecule has 1 aliphatic heterocycles. The van der Waals surface area contributed by atoms with Crippen molar-refractivity contribution in [1.82, 2.24) is 9.97 Å². The highest BCUT2D eigenvalue weighted by atomic mass is 16.7. The van der Waals surface area contributed by atoms with Gasteiger partial charge in [-0.15, -0.1) is 0 Å². The summed E-state index contributed by atoms with van der Waals surface area (Å²) in [5.74, 6) is 0.693. The highest BCUT2D eigenvalue weighted by Gasteiger charge is 2.52. The van der Waals surface area contributed by atoms with Crippen molar-refractivity contribution >= 4 is 12.7 Å². The van der Waals surface area contributed by atoms with Gasteiger partial charge in [-0.1, -0.05) is 0 Å². The molecule has 0 spiro atoms. The Kier molecular flexibility index (Phi) is 2.95. The number of nitrogens with zero attached hydrogens (tertiary/aromatic N) is 2. The molecule has 0 N–H and O–H groups in total. The monoisotopic (exact) mass is 272 g/mol. The number of oxazole rings is 1. The highest BCUT2D eigenvalue weighted by molar-refractivity contribution is 6.61. The smallest absolute Gasteiger partial charge is 0.443 e. The minimum absolute atomic E-state index is 0.358. The molecule has 0 amide bonds. The van der Waals surface area contributed by atoms with Gasteiger partial charge in [-0.3, -0.25) is 4.98 Å². The van der Waals surface area contributed by atoms with Crippen molar-refractivity contribution in [2.24, 2.45) is 0 Å². The fourth-order valence-corrected chi connectivity index (χ4v) is 2.01. The maximum absolute atomic E-state index is 5.96. The summed E-state index contributed by atoms with van der Waals surface area (Å²) in [4.78, 5) is 8.30. The van der Waals surface area contributed by atoms with Gasteiger partial charge in [-0.2, -0.15) is 0 Å². The van der Waals surface area contributed by atoms with Crippen LogP contribution in [0.1, 0.15) is 27.7 Å². The lowest BCUT2D eigenvalue weighted by Crippen LogP contribution is -2.41. The highest BCUT2D eigenvalue weighted by Crippen LogP contribution is 2.36. The van der Waals surface area contributed by atoms with Gasteiger partial charge in [0.15, 0.2) is 12.2 Å². The van der Waals surface area contributed by atoms with Crippen molar-refractivity contribution in [2.75, 3.05) is 0 Å². The minimum Gasteiger partial charge on any atom is -0.443 e. The van der Waals surface area contributed by atoms with E-state index in [0.29, 0.717) is 5.76 Å². The summed E-state index contributed by atoms with van der Waals surface area (Å²) in [5, 5.41) is 0. The van der Waals surface area contributed by atoms with Crippen LogP contribution in [0, 0.1) is 0 Å². The van der Waals surface area contributed by atoms with E-state index in [9.17, 15) is 0 Å². The first-order valence-electron chi connectivity index (χ1n) is 6.59. The van der Waals surface area contributed by atoms with Crippen LogP contribution < -0.4 is 5.59 Å². The molecule has 2 aromatic heterocycles. The molecule has 5 nitrogen and oxygen atoms in total. The lowest BCUT2D eigenvalue weighted by atomic mass is 9.84. The third-order valence-corrected chi connectivity index (χ3v) is 4.00.